The molecule has 6 nitrogen and oxygen atoms in total. The van der Waals surface area contributed by atoms with Gasteiger partial charge in [-0.05, 0) is 31.2 Å². The van der Waals surface area contributed by atoms with E-state index in [1.165, 1.54) is 21.3 Å². The van der Waals surface area contributed by atoms with Gasteiger partial charge >= 0.3 is 0 Å². The Kier molecular flexibility index (Phi) is 3.46. The predicted molar refractivity (Wildman–Crippen MR) is 80.6 cm³/mol. The molecule has 0 saturated heterocycles. The second-order valence-electron chi connectivity index (χ2n) is 5.06. The Labute approximate surface area is 124 Å². The highest BCUT2D eigenvalue weighted by molar-refractivity contribution is 7.92. The van der Waals surface area contributed by atoms with Gasteiger partial charge in [0.15, 0.2) is 5.03 Å². The van der Waals surface area contributed by atoms with Crippen LogP contribution < -0.4 is 9.62 Å². The Morgan fingerprint density at radius 1 is 1.29 bits per heavy atom. The van der Waals surface area contributed by atoms with Crippen molar-refractivity contribution in [3.63, 3.8) is 0 Å². The summed E-state index contributed by atoms with van der Waals surface area (Å²) < 4.78 is 28.6. The molecule has 1 N–H and O–H groups in total. The third-order valence-electron chi connectivity index (χ3n) is 3.88. The number of anilines is 1. The maximum absolute atomic E-state index is 12.9. The lowest BCUT2D eigenvalue weighted by Crippen LogP contribution is -2.39. The summed E-state index contributed by atoms with van der Waals surface area (Å²) in [5.74, 6) is 0. The zero-order chi connectivity index (χ0) is 15.0. The van der Waals surface area contributed by atoms with Gasteiger partial charge in [-0.1, -0.05) is 18.2 Å². The van der Waals surface area contributed by atoms with Gasteiger partial charge in [-0.25, -0.2) is 0 Å². The Bertz CT molecular complexity index is 754. The van der Waals surface area contributed by atoms with E-state index in [4.69, 9.17) is 0 Å². The number of hydrogen-bond donors (Lipinski definition) is 1. The van der Waals surface area contributed by atoms with Crippen molar-refractivity contribution >= 4 is 15.7 Å². The van der Waals surface area contributed by atoms with E-state index in [2.05, 4.69) is 10.4 Å². The van der Waals surface area contributed by atoms with E-state index in [0.717, 1.165) is 17.7 Å². The van der Waals surface area contributed by atoms with Gasteiger partial charge in [-0.3, -0.25) is 8.99 Å². The standard InChI is InChI=1S/C14H18N4O2S/c1-15-12-8-10-18(13-6-4-3-5-11(12)13)21(19,20)14-7-9-16-17(14)2/h3-7,9,12,15H,8,10H2,1-2H3. The van der Waals surface area contributed by atoms with Crippen molar-refractivity contribution in [2.24, 2.45) is 7.05 Å². The van der Waals surface area contributed by atoms with Crippen LogP contribution in [0.25, 0.3) is 0 Å². The largest absolute Gasteiger partial charge is 0.313 e. The van der Waals surface area contributed by atoms with Crippen LogP contribution in [0.2, 0.25) is 0 Å². The molecule has 7 heteroatoms. The van der Waals surface area contributed by atoms with Crippen molar-refractivity contribution in [3.8, 4) is 0 Å². The zero-order valence-electron chi connectivity index (χ0n) is 12.0. The van der Waals surface area contributed by atoms with Crippen molar-refractivity contribution in [2.45, 2.75) is 17.5 Å². The van der Waals surface area contributed by atoms with Crippen molar-refractivity contribution in [2.75, 3.05) is 17.9 Å². The molecule has 0 saturated carbocycles. The molecule has 0 spiro atoms. The van der Waals surface area contributed by atoms with Gasteiger partial charge in [0.05, 0.1) is 11.9 Å². The highest BCUT2D eigenvalue weighted by Crippen LogP contribution is 2.36. The first-order chi connectivity index (χ1) is 10.1. The summed E-state index contributed by atoms with van der Waals surface area (Å²) in [7, 11) is -0.0548. The maximum atomic E-state index is 12.9. The molecule has 0 bridgehead atoms. The van der Waals surface area contributed by atoms with E-state index in [0.29, 0.717) is 6.54 Å². The van der Waals surface area contributed by atoms with Crippen molar-refractivity contribution in [1.82, 2.24) is 15.1 Å². The number of hydrogen-bond acceptors (Lipinski definition) is 4. The van der Waals surface area contributed by atoms with Gasteiger partial charge in [-0.2, -0.15) is 13.5 Å². The van der Waals surface area contributed by atoms with Crippen LogP contribution in [0, 0.1) is 0 Å². The maximum Gasteiger partial charge on any atom is 0.281 e. The average molecular weight is 306 g/mol. The van der Waals surface area contributed by atoms with Crippen LogP contribution in [0.3, 0.4) is 0 Å². The third kappa shape index (κ3) is 2.22. The summed E-state index contributed by atoms with van der Waals surface area (Å²) in [4.78, 5) is 0. The second-order valence-corrected chi connectivity index (χ2v) is 6.87. The molecule has 0 fully saturated rings. The lowest BCUT2D eigenvalue weighted by molar-refractivity contribution is 0.524. The molecule has 1 aromatic carbocycles. The number of para-hydroxylation sites is 1. The minimum atomic E-state index is -3.59. The molecule has 1 unspecified atom stereocenters. The molecular formula is C14H18N4O2S. The minimum absolute atomic E-state index is 0.180. The molecule has 1 atom stereocenters. The normalized spacial score (nSPS) is 18.6. The number of aromatic nitrogens is 2. The van der Waals surface area contributed by atoms with E-state index in [1.54, 1.807) is 7.05 Å². The minimum Gasteiger partial charge on any atom is -0.313 e. The predicted octanol–water partition coefficient (Wildman–Crippen LogP) is 1.28. The van der Waals surface area contributed by atoms with Crippen LogP contribution in [0.5, 0.6) is 0 Å². The number of rotatable bonds is 3. The highest BCUT2D eigenvalue weighted by atomic mass is 32.2. The summed E-state index contributed by atoms with van der Waals surface area (Å²) in [6.45, 7) is 0.454. The first kappa shape index (κ1) is 14.1. The SMILES string of the molecule is CNC1CCN(S(=O)(=O)c2ccnn2C)c2ccccc21. The average Bonchev–Trinajstić information content (AvgIpc) is 2.93. The quantitative estimate of drug-likeness (QED) is 0.927. The van der Waals surface area contributed by atoms with Crippen LogP contribution in [0.15, 0.2) is 41.6 Å². The van der Waals surface area contributed by atoms with E-state index in [9.17, 15) is 8.42 Å². The molecule has 21 heavy (non-hydrogen) atoms. The van der Waals surface area contributed by atoms with Crippen LogP contribution in [0.1, 0.15) is 18.0 Å². The van der Waals surface area contributed by atoms with E-state index in [1.807, 2.05) is 31.3 Å². The summed E-state index contributed by atoms with van der Waals surface area (Å²) in [5, 5.41) is 7.41. The van der Waals surface area contributed by atoms with Crippen LogP contribution in [-0.4, -0.2) is 31.8 Å². The molecule has 1 aliphatic rings. The van der Waals surface area contributed by atoms with E-state index in [-0.39, 0.29) is 11.1 Å². The van der Waals surface area contributed by atoms with Gasteiger partial charge in [0.25, 0.3) is 10.0 Å². The van der Waals surface area contributed by atoms with Crippen molar-refractivity contribution < 1.29 is 8.42 Å². The molecular weight excluding hydrogens is 288 g/mol. The summed E-state index contributed by atoms with van der Waals surface area (Å²) in [6.07, 6.45) is 2.24. The first-order valence-electron chi connectivity index (χ1n) is 6.82. The molecule has 2 aromatic rings. The number of nitrogens with zero attached hydrogens (tertiary/aromatic N) is 3. The van der Waals surface area contributed by atoms with Crippen LogP contribution in [0.4, 0.5) is 5.69 Å². The fraction of sp³-hybridized carbons (Fsp3) is 0.357. The Morgan fingerprint density at radius 2 is 2.05 bits per heavy atom. The van der Waals surface area contributed by atoms with Gasteiger partial charge in [-0.15, -0.1) is 0 Å². The first-order valence-corrected chi connectivity index (χ1v) is 8.26. The van der Waals surface area contributed by atoms with Gasteiger partial charge in [0, 0.05) is 19.6 Å². The van der Waals surface area contributed by atoms with Crippen molar-refractivity contribution in [3.05, 3.63) is 42.1 Å². The number of fused-ring (bicyclic) bond motifs is 1. The lowest BCUT2D eigenvalue weighted by Gasteiger charge is -2.34. The fourth-order valence-corrected chi connectivity index (χ4v) is 4.42. The van der Waals surface area contributed by atoms with Gasteiger partial charge < -0.3 is 5.32 Å². The summed E-state index contributed by atoms with van der Waals surface area (Å²) in [6, 6.07) is 9.33. The Hall–Kier alpha value is -1.86. The van der Waals surface area contributed by atoms with E-state index < -0.39 is 10.0 Å². The number of nitrogens with one attached hydrogen (secondary N) is 1. The van der Waals surface area contributed by atoms with E-state index >= 15 is 0 Å². The zero-order valence-corrected chi connectivity index (χ0v) is 12.8. The Balaban J connectivity index is 2.11. The molecule has 1 aliphatic heterocycles. The molecule has 3 rings (SSSR count). The van der Waals surface area contributed by atoms with Gasteiger partial charge in [0.2, 0.25) is 0 Å². The molecule has 112 valence electrons. The molecule has 0 amide bonds. The smallest absolute Gasteiger partial charge is 0.281 e. The van der Waals surface area contributed by atoms with Crippen LogP contribution in [-0.2, 0) is 17.1 Å². The molecule has 0 aliphatic carbocycles. The molecule has 2 heterocycles. The topological polar surface area (TPSA) is 67.2 Å². The Morgan fingerprint density at radius 3 is 2.71 bits per heavy atom. The number of aryl methyl sites for hydroxylation is 1. The lowest BCUT2D eigenvalue weighted by atomic mass is 9.98. The monoisotopic (exact) mass is 306 g/mol. The summed E-state index contributed by atoms with van der Waals surface area (Å²) >= 11 is 0. The van der Waals surface area contributed by atoms with Crippen LogP contribution >= 0.6 is 0 Å². The third-order valence-corrected chi connectivity index (χ3v) is 5.77. The number of sulfonamides is 1. The molecule has 1 aromatic heterocycles. The van der Waals surface area contributed by atoms with Crippen molar-refractivity contribution in [1.29, 1.82) is 0 Å². The van der Waals surface area contributed by atoms with Gasteiger partial charge in [0.1, 0.15) is 0 Å². The fourth-order valence-electron chi connectivity index (χ4n) is 2.81. The molecule has 0 radical (unpaired) electrons. The highest BCUT2D eigenvalue weighted by Gasteiger charge is 2.33. The second kappa shape index (κ2) is 5.16. The summed E-state index contributed by atoms with van der Waals surface area (Å²) in [5.41, 5.74) is 1.75. The number of benzene rings is 1.